The molecule has 0 radical (unpaired) electrons. The molecular weight excluding hydrogens is 392 g/mol. The molecule has 0 fully saturated rings. The quantitative estimate of drug-likeness (QED) is 0.528. The fourth-order valence-electron chi connectivity index (χ4n) is 2.85. The van der Waals surface area contributed by atoms with Crippen molar-refractivity contribution in [1.82, 2.24) is 4.98 Å². The van der Waals surface area contributed by atoms with E-state index >= 15 is 0 Å². The van der Waals surface area contributed by atoms with Gasteiger partial charge in [-0.15, -0.1) is 0 Å². The van der Waals surface area contributed by atoms with Gasteiger partial charge in [0, 0.05) is 16.8 Å². The molecule has 1 aromatic heterocycles. The van der Waals surface area contributed by atoms with Gasteiger partial charge in [-0.1, -0.05) is 23.7 Å². The van der Waals surface area contributed by atoms with Crippen molar-refractivity contribution in [3.8, 4) is 17.2 Å². The first-order valence-electron chi connectivity index (χ1n) is 8.70. The van der Waals surface area contributed by atoms with Crippen LogP contribution in [-0.4, -0.2) is 18.0 Å². The molecule has 7 heteroatoms. The predicted molar refractivity (Wildman–Crippen MR) is 112 cm³/mol. The van der Waals surface area contributed by atoms with Crippen LogP contribution in [-0.2, 0) is 0 Å². The monoisotopic (exact) mass is 406 g/mol. The second kappa shape index (κ2) is 7.77. The zero-order valence-corrected chi connectivity index (χ0v) is 16.1. The van der Waals surface area contributed by atoms with Crippen LogP contribution in [0.2, 0.25) is 5.02 Å². The lowest BCUT2D eigenvalue weighted by Crippen LogP contribution is -2.11. The van der Waals surface area contributed by atoms with Gasteiger partial charge in [0.15, 0.2) is 0 Å². The third kappa shape index (κ3) is 3.83. The summed E-state index contributed by atoms with van der Waals surface area (Å²) in [5.74, 6) is 0.406. The molecule has 0 aliphatic rings. The maximum atomic E-state index is 12.4. The van der Waals surface area contributed by atoms with E-state index in [1.54, 1.807) is 54.6 Å². The summed E-state index contributed by atoms with van der Waals surface area (Å²) in [5, 5.41) is 3.57. The molecule has 4 rings (SSSR count). The minimum atomic E-state index is -0.445. The molecule has 4 aromatic rings. The van der Waals surface area contributed by atoms with E-state index in [1.165, 1.54) is 13.2 Å². The van der Waals surface area contributed by atoms with E-state index < -0.39 is 5.63 Å². The first kappa shape index (κ1) is 18.7. The highest BCUT2D eigenvalue weighted by Crippen LogP contribution is 2.26. The van der Waals surface area contributed by atoms with Crippen LogP contribution in [0.4, 0.5) is 5.69 Å². The second-order valence-electron chi connectivity index (χ2n) is 6.20. The fourth-order valence-corrected chi connectivity index (χ4v) is 3.11. The van der Waals surface area contributed by atoms with E-state index in [0.717, 1.165) is 0 Å². The predicted octanol–water partition coefficient (Wildman–Crippen LogP) is 4.77. The first-order valence-corrected chi connectivity index (χ1v) is 9.08. The molecular formula is C22H15ClN2O4. The van der Waals surface area contributed by atoms with Crippen molar-refractivity contribution in [2.45, 2.75) is 0 Å². The molecule has 3 aromatic carbocycles. The van der Waals surface area contributed by atoms with E-state index in [9.17, 15) is 9.59 Å². The number of nitrogens with one attached hydrogen (secondary N) is 1. The Hall–Kier alpha value is -3.64. The topological polar surface area (TPSA) is 81.4 Å². The number of halogens is 1. The molecule has 0 bridgehead atoms. The molecule has 1 amide bonds. The number of hydrogen-bond acceptors (Lipinski definition) is 5. The third-order valence-electron chi connectivity index (χ3n) is 4.34. The van der Waals surface area contributed by atoms with E-state index in [0.29, 0.717) is 38.5 Å². The Morgan fingerprint density at radius 3 is 2.55 bits per heavy atom. The number of anilines is 1. The third-order valence-corrected chi connectivity index (χ3v) is 4.63. The summed E-state index contributed by atoms with van der Waals surface area (Å²) in [6, 6.07) is 18.6. The van der Waals surface area contributed by atoms with Crippen LogP contribution in [0.1, 0.15) is 10.4 Å². The molecule has 1 N–H and O–H groups in total. The molecule has 6 nitrogen and oxygen atoms in total. The Morgan fingerprint density at radius 2 is 1.83 bits per heavy atom. The van der Waals surface area contributed by atoms with Crippen LogP contribution in [0.15, 0.2) is 75.9 Å². The summed E-state index contributed by atoms with van der Waals surface area (Å²) in [6.45, 7) is 0. The van der Waals surface area contributed by atoms with Gasteiger partial charge in [-0.05, 0) is 54.6 Å². The summed E-state index contributed by atoms with van der Waals surface area (Å²) in [6.07, 6.45) is 0. The molecule has 0 saturated heterocycles. The van der Waals surface area contributed by atoms with Crippen LogP contribution in [0.3, 0.4) is 0 Å². The highest BCUT2D eigenvalue weighted by Gasteiger charge is 2.11. The normalized spacial score (nSPS) is 10.7. The van der Waals surface area contributed by atoms with Crippen LogP contribution < -0.4 is 15.7 Å². The van der Waals surface area contributed by atoms with Gasteiger partial charge in [0.2, 0.25) is 5.89 Å². The fraction of sp³-hybridized carbons (Fsp3) is 0.0455. The van der Waals surface area contributed by atoms with Crippen molar-refractivity contribution >= 4 is 34.1 Å². The van der Waals surface area contributed by atoms with E-state index in [1.807, 2.05) is 6.07 Å². The molecule has 144 valence electrons. The van der Waals surface area contributed by atoms with Crippen molar-refractivity contribution in [3.05, 3.63) is 87.7 Å². The molecule has 0 saturated carbocycles. The number of benzene rings is 3. The second-order valence-corrected chi connectivity index (χ2v) is 6.61. The lowest BCUT2D eigenvalue weighted by Gasteiger charge is -2.08. The first-order chi connectivity index (χ1) is 14.0. The molecule has 0 unspecified atom stereocenters. The van der Waals surface area contributed by atoms with Crippen LogP contribution in [0.25, 0.3) is 22.4 Å². The highest BCUT2D eigenvalue weighted by molar-refractivity contribution is 6.32. The standard InChI is InChI=1S/C22H15ClN2O4/c1-28-19-11-8-14(12-17(19)23)20(26)24-15-9-6-13(7-10-15)21-25-18-5-3-2-4-16(18)22(27)29-21/h2-12H,1H3,(H,24,26). The number of ether oxygens (including phenoxy) is 1. The lowest BCUT2D eigenvalue weighted by molar-refractivity contribution is 0.102. The number of carbonyl (C=O) groups is 1. The minimum Gasteiger partial charge on any atom is -0.495 e. The number of aromatic nitrogens is 1. The number of fused-ring (bicyclic) bond motifs is 1. The number of methoxy groups -OCH3 is 1. The van der Waals surface area contributed by atoms with Crippen LogP contribution in [0.5, 0.6) is 5.75 Å². The summed E-state index contributed by atoms with van der Waals surface area (Å²) in [4.78, 5) is 29.0. The van der Waals surface area contributed by atoms with E-state index in [4.69, 9.17) is 20.8 Å². The van der Waals surface area contributed by atoms with Crippen molar-refractivity contribution in [3.63, 3.8) is 0 Å². The van der Waals surface area contributed by atoms with Gasteiger partial charge in [0.25, 0.3) is 5.91 Å². The van der Waals surface area contributed by atoms with Gasteiger partial charge in [0.1, 0.15) is 5.75 Å². The van der Waals surface area contributed by atoms with Gasteiger partial charge in [0.05, 0.1) is 23.0 Å². The number of nitrogens with zero attached hydrogens (tertiary/aromatic N) is 1. The smallest absolute Gasteiger partial charge is 0.347 e. The molecule has 0 atom stereocenters. The summed E-state index contributed by atoms with van der Waals surface area (Å²) < 4.78 is 10.4. The van der Waals surface area contributed by atoms with Gasteiger partial charge in [-0.2, -0.15) is 0 Å². The van der Waals surface area contributed by atoms with E-state index in [-0.39, 0.29) is 11.8 Å². The molecule has 0 spiro atoms. The molecule has 0 aliphatic carbocycles. The van der Waals surface area contributed by atoms with Gasteiger partial charge >= 0.3 is 5.63 Å². The molecule has 29 heavy (non-hydrogen) atoms. The van der Waals surface area contributed by atoms with Gasteiger partial charge < -0.3 is 14.5 Å². The van der Waals surface area contributed by atoms with Crippen LogP contribution in [0, 0.1) is 0 Å². The zero-order chi connectivity index (χ0) is 20.4. The summed E-state index contributed by atoms with van der Waals surface area (Å²) in [5.41, 5.74) is 1.72. The number of carbonyl (C=O) groups excluding carboxylic acids is 1. The largest absolute Gasteiger partial charge is 0.495 e. The Bertz CT molecular complexity index is 1270. The number of para-hydroxylation sites is 1. The lowest BCUT2D eigenvalue weighted by atomic mass is 10.1. The summed E-state index contributed by atoms with van der Waals surface area (Å²) >= 11 is 6.07. The maximum absolute atomic E-state index is 12.4. The van der Waals surface area contributed by atoms with Gasteiger partial charge in [-0.25, -0.2) is 9.78 Å². The van der Waals surface area contributed by atoms with Crippen molar-refractivity contribution in [2.75, 3.05) is 12.4 Å². The Kier molecular flexibility index (Phi) is 5.01. The Balaban J connectivity index is 1.56. The van der Waals surface area contributed by atoms with Crippen molar-refractivity contribution in [1.29, 1.82) is 0 Å². The van der Waals surface area contributed by atoms with Gasteiger partial charge in [-0.3, -0.25) is 4.79 Å². The Morgan fingerprint density at radius 1 is 1.07 bits per heavy atom. The SMILES string of the molecule is COc1ccc(C(=O)Nc2ccc(-c3nc4ccccc4c(=O)o3)cc2)cc1Cl. The van der Waals surface area contributed by atoms with Crippen molar-refractivity contribution in [2.24, 2.45) is 0 Å². The minimum absolute atomic E-state index is 0.216. The Labute approximate surface area is 170 Å². The van der Waals surface area contributed by atoms with E-state index in [2.05, 4.69) is 10.3 Å². The van der Waals surface area contributed by atoms with Crippen molar-refractivity contribution < 1.29 is 13.9 Å². The average molecular weight is 407 g/mol. The number of hydrogen-bond donors (Lipinski definition) is 1. The molecule has 1 heterocycles. The molecule has 0 aliphatic heterocycles. The number of rotatable bonds is 4. The number of amides is 1. The zero-order valence-electron chi connectivity index (χ0n) is 15.3. The average Bonchev–Trinajstić information content (AvgIpc) is 2.74. The highest BCUT2D eigenvalue weighted by atomic mass is 35.5. The summed E-state index contributed by atoms with van der Waals surface area (Å²) in [7, 11) is 1.51. The maximum Gasteiger partial charge on any atom is 0.347 e. The van der Waals surface area contributed by atoms with Crippen LogP contribution >= 0.6 is 11.6 Å².